The van der Waals surface area contributed by atoms with Gasteiger partial charge in [-0.25, -0.2) is 19.3 Å². The van der Waals surface area contributed by atoms with Crippen LogP contribution in [0.1, 0.15) is 57.8 Å². The van der Waals surface area contributed by atoms with Crippen LogP contribution in [0.2, 0.25) is 0 Å². The van der Waals surface area contributed by atoms with Gasteiger partial charge in [-0.2, -0.15) is 4.98 Å². The Hall–Kier alpha value is -3.76. The molecule has 10 heteroatoms. The summed E-state index contributed by atoms with van der Waals surface area (Å²) in [6.07, 6.45) is 3.83. The van der Waals surface area contributed by atoms with Crippen molar-refractivity contribution in [1.82, 2.24) is 29.2 Å². The fourth-order valence-electron chi connectivity index (χ4n) is 4.90. The van der Waals surface area contributed by atoms with Gasteiger partial charge in [-0.05, 0) is 90.4 Å². The topological polar surface area (TPSA) is 110 Å². The van der Waals surface area contributed by atoms with E-state index in [2.05, 4.69) is 27.2 Å². The van der Waals surface area contributed by atoms with Gasteiger partial charge in [0, 0.05) is 31.0 Å². The third kappa shape index (κ3) is 5.53. The van der Waals surface area contributed by atoms with Gasteiger partial charge in [0.2, 0.25) is 5.95 Å². The van der Waals surface area contributed by atoms with E-state index in [4.69, 9.17) is 9.72 Å². The number of aryl methyl sites for hydroxylation is 1. The first-order chi connectivity index (χ1) is 18.5. The summed E-state index contributed by atoms with van der Waals surface area (Å²) >= 11 is 0. The number of aromatic nitrogens is 5. The van der Waals surface area contributed by atoms with Crippen molar-refractivity contribution in [2.24, 2.45) is 0 Å². The van der Waals surface area contributed by atoms with Crippen LogP contribution in [0.15, 0.2) is 47.4 Å². The molecule has 10 nitrogen and oxygen atoms in total. The van der Waals surface area contributed by atoms with Gasteiger partial charge in [-0.3, -0.25) is 4.79 Å². The quantitative estimate of drug-likeness (QED) is 0.363. The summed E-state index contributed by atoms with van der Waals surface area (Å²) in [5, 5.41) is 14.2. The Balaban J connectivity index is 1.48. The predicted octanol–water partition coefficient (Wildman–Crippen LogP) is 4.31. The van der Waals surface area contributed by atoms with Gasteiger partial charge >= 0.3 is 0 Å². The van der Waals surface area contributed by atoms with Crippen LogP contribution in [-0.2, 0) is 5.60 Å². The second kappa shape index (κ2) is 10.4. The Morgan fingerprint density at radius 2 is 1.87 bits per heavy atom. The largest absolute Gasteiger partial charge is 0.490 e. The van der Waals surface area contributed by atoms with Gasteiger partial charge < -0.3 is 20.1 Å². The van der Waals surface area contributed by atoms with Crippen molar-refractivity contribution >= 4 is 22.7 Å². The van der Waals surface area contributed by atoms with E-state index in [-0.39, 0.29) is 17.7 Å². The lowest BCUT2D eigenvalue weighted by Crippen LogP contribution is -2.35. The zero-order valence-corrected chi connectivity index (χ0v) is 23.5. The van der Waals surface area contributed by atoms with E-state index in [1.54, 1.807) is 41.5 Å². The maximum Gasteiger partial charge on any atom is 0.278 e. The molecule has 0 bridgehead atoms. The molecule has 0 amide bonds. The van der Waals surface area contributed by atoms with E-state index in [9.17, 15) is 9.90 Å². The highest BCUT2D eigenvalue weighted by atomic mass is 16.5. The molecule has 0 unspecified atom stereocenters. The number of nitrogens with zero attached hydrogens (tertiary/aromatic N) is 6. The number of anilines is 2. The molecule has 1 aromatic carbocycles. The maximum atomic E-state index is 13.3. The number of rotatable bonds is 7. The summed E-state index contributed by atoms with van der Waals surface area (Å²) in [6.45, 7) is 11.3. The third-order valence-electron chi connectivity index (χ3n) is 7.08. The normalized spacial score (nSPS) is 15.3. The van der Waals surface area contributed by atoms with Crippen LogP contribution in [0.4, 0.5) is 11.6 Å². The summed E-state index contributed by atoms with van der Waals surface area (Å²) in [4.78, 5) is 29.5. The van der Waals surface area contributed by atoms with E-state index in [0.29, 0.717) is 28.5 Å². The first-order valence-electron chi connectivity index (χ1n) is 13.4. The van der Waals surface area contributed by atoms with Crippen molar-refractivity contribution in [2.45, 2.75) is 65.2 Å². The second-order valence-corrected chi connectivity index (χ2v) is 11.2. The number of pyridine rings is 1. The van der Waals surface area contributed by atoms with E-state index >= 15 is 0 Å². The Kier molecular flexibility index (Phi) is 7.17. The fraction of sp³-hybridized carbons (Fsp3) is 0.448. The molecule has 206 valence electrons. The number of benzene rings is 1. The summed E-state index contributed by atoms with van der Waals surface area (Å²) in [5.74, 6) is 1.73. The van der Waals surface area contributed by atoms with Crippen molar-refractivity contribution in [3.8, 4) is 11.6 Å². The molecule has 1 aliphatic heterocycles. The van der Waals surface area contributed by atoms with Gasteiger partial charge in [0.15, 0.2) is 11.5 Å². The van der Waals surface area contributed by atoms with E-state index in [1.165, 1.54) is 0 Å². The Bertz CT molecular complexity index is 1540. The molecule has 2 N–H and O–H groups in total. The van der Waals surface area contributed by atoms with Crippen molar-refractivity contribution in [3.63, 3.8) is 0 Å². The standard InChI is InChI=1S/C29H37N7O3/c1-18(2)35-27(37)22-17-30-28(33-26(22)36(35)25-9-7-8-24(32-25)29(4,5)38)31-20-10-11-23(19(3)16-20)39-21-12-14-34(6)15-13-21/h7-11,16-18,21,38H,12-15H2,1-6H3,(H,30,31,33). The second-order valence-electron chi connectivity index (χ2n) is 11.2. The van der Waals surface area contributed by atoms with Crippen LogP contribution in [0.25, 0.3) is 16.9 Å². The molecule has 5 rings (SSSR count). The summed E-state index contributed by atoms with van der Waals surface area (Å²) in [7, 11) is 2.14. The minimum atomic E-state index is -1.13. The highest BCUT2D eigenvalue weighted by molar-refractivity contribution is 5.77. The zero-order valence-electron chi connectivity index (χ0n) is 23.5. The Labute approximate surface area is 228 Å². The van der Waals surface area contributed by atoms with Gasteiger partial charge in [0.1, 0.15) is 22.8 Å². The van der Waals surface area contributed by atoms with Crippen LogP contribution < -0.4 is 15.6 Å². The molecule has 0 radical (unpaired) electrons. The van der Waals surface area contributed by atoms with Gasteiger partial charge in [0.05, 0.1) is 5.69 Å². The minimum Gasteiger partial charge on any atom is -0.490 e. The summed E-state index contributed by atoms with van der Waals surface area (Å²) < 4.78 is 9.60. The number of likely N-dealkylation sites (tertiary alicyclic amines) is 1. The van der Waals surface area contributed by atoms with Crippen LogP contribution in [-0.4, -0.2) is 60.6 Å². The number of fused-ring (bicyclic) bond motifs is 1. The zero-order chi connectivity index (χ0) is 27.9. The first-order valence-corrected chi connectivity index (χ1v) is 13.4. The number of ether oxygens (including phenoxy) is 1. The molecule has 0 atom stereocenters. The Morgan fingerprint density at radius 3 is 2.54 bits per heavy atom. The van der Waals surface area contributed by atoms with Crippen LogP contribution in [0, 0.1) is 6.92 Å². The van der Waals surface area contributed by atoms with Crippen molar-refractivity contribution < 1.29 is 9.84 Å². The molecule has 1 fully saturated rings. The molecule has 0 spiro atoms. The first kappa shape index (κ1) is 26.8. The lowest BCUT2D eigenvalue weighted by atomic mass is 10.1. The fourth-order valence-corrected chi connectivity index (χ4v) is 4.90. The molecule has 3 aromatic heterocycles. The minimum absolute atomic E-state index is 0.157. The SMILES string of the molecule is Cc1cc(Nc2ncc3c(=O)n(C(C)C)n(-c4cccc(C(C)(C)O)n4)c3n2)ccc1OC1CCN(C)CC1. The van der Waals surface area contributed by atoms with Crippen LogP contribution >= 0.6 is 0 Å². The molecular weight excluding hydrogens is 494 g/mol. The van der Waals surface area contributed by atoms with Crippen LogP contribution in [0.5, 0.6) is 5.75 Å². The Morgan fingerprint density at radius 1 is 1.13 bits per heavy atom. The number of piperidine rings is 1. The highest BCUT2D eigenvalue weighted by Gasteiger charge is 2.23. The van der Waals surface area contributed by atoms with E-state index < -0.39 is 5.60 Å². The number of nitrogens with one attached hydrogen (secondary N) is 1. The number of hydrogen-bond donors (Lipinski definition) is 2. The molecule has 1 saturated heterocycles. The predicted molar refractivity (Wildman–Crippen MR) is 152 cm³/mol. The van der Waals surface area contributed by atoms with Crippen molar-refractivity contribution in [2.75, 3.05) is 25.5 Å². The molecule has 0 saturated carbocycles. The van der Waals surface area contributed by atoms with Crippen LogP contribution in [0.3, 0.4) is 0 Å². The molecule has 39 heavy (non-hydrogen) atoms. The smallest absolute Gasteiger partial charge is 0.278 e. The maximum absolute atomic E-state index is 13.3. The molecule has 4 heterocycles. The van der Waals surface area contributed by atoms with Gasteiger partial charge in [-0.15, -0.1) is 0 Å². The van der Waals surface area contributed by atoms with Gasteiger partial charge in [0.25, 0.3) is 5.56 Å². The van der Waals surface area contributed by atoms with Gasteiger partial charge in [-0.1, -0.05) is 6.07 Å². The van der Waals surface area contributed by atoms with E-state index in [0.717, 1.165) is 42.9 Å². The third-order valence-corrected chi connectivity index (χ3v) is 7.08. The summed E-state index contributed by atoms with van der Waals surface area (Å²) in [5.41, 5.74) is 1.44. The molecule has 4 aromatic rings. The monoisotopic (exact) mass is 531 g/mol. The van der Waals surface area contributed by atoms with Crippen molar-refractivity contribution in [3.05, 3.63) is 64.2 Å². The van der Waals surface area contributed by atoms with E-state index in [1.807, 2.05) is 45.0 Å². The molecular formula is C29H37N7O3. The number of hydrogen-bond acceptors (Lipinski definition) is 8. The molecule has 0 aliphatic carbocycles. The number of aliphatic hydroxyl groups is 1. The lowest BCUT2D eigenvalue weighted by Gasteiger charge is -2.29. The average molecular weight is 532 g/mol. The lowest BCUT2D eigenvalue weighted by molar-refractivity contribution is 0.0738. The van der Waals surface area contributed by atoms with Crippen molar-refractivity contribution in [1.29, 1.82) is 0 Å². The summed E-state index contributed by atoms with van der Waals surface area (Å²) in [6, 6.07) is 11.2. The highest BCUT2D eigenvalue weighted by Crippen LogP contribution is 2.27. The molecule has 1 aliphatic rings. The average Bonchev–Trinajstić information content (AvgIpc) is 3.18.